The Balaban J connectivity index is 1.82. The molecule has 3 rings (SSSR count). The van der Waals surface area contributed by atoms with Gasteiger partial charge in [0, 0.05) is 30.9 Å². The van der Waals surface area contributed by atoms with Crippen molar-refractivity contribution in [1.82, 2.24) is 15.1 Å². The van der Waals surface area contributed by atoms with Gasteiger partial charge >= 0.3 is 0 Å². The van der Waals surface area contributed by atoms with E-state index >= 15 is 0 Å². The van der Waals surface area contributed by atoms with E-state index in [4.69, 9.17) is 0 Å². The lowest BCUT2D eigenvalue weighted by atomic mass is 10.0. The summed E-state index contributed by atoms with van der Waals surface area (Å²) in [4.78, 5) is 12.3. The van der Waals surface area contributed by atoms with Crippen molar-refractivity contribution in [2.75, 3.05) is 0 Å². The van der Waals surface area contributed by atoms with Crippen LogP contribution in [-0.4, -0.2) is 15.7 Å². The Morgan fingerprint density at radius 3 is 2.80 bits per heavy atom. The summed E-state index contributed by atoms with van der Waals surface area (Å²) in [5.41, 5.74) is 1.69. The molecule has 2 aromatic carbocycles. The van der Waals surface area contributed by atoms with Gasteiger partial charge in [-0.2, -0.15) is 5.10 Å². The number of nitrogens with zero attached hydrogens (tertiary/aromatic N) is 2. The molecule has 0 fully saturated rings. The highest BCUT2D eigenvalue weighted by molar-refractivity contribution is 6.06. The van der Waals surface area contributed by atoms with E-state index in [-0.39, 0.29) is 5.91 Å². The number of rotatable bonds is 3. The summed E-state index contributed by atoms with van der Waals surface area (Å²) >= 11 is 0. The molecule has 0 unspecified atom stereocenters. The lowest BCUT2D eigenvalue weighted by molar-refractivity contribution is 0.0952. The van der Waals surface area contributed by atoms with Crippen molar-refractivity contribution >= 4 is 16.7 Å². The molecule has 1 aromatic heterocycles. The predicted molar refractivity (Wildman–Crippen MR) is 78.3 cm³/mol. The molecule has 4 nitrogen and oxygen atoms in total. The summed E-state index contributed by atoms with van der Waals surface area (Å²) in [7, 11) is 1.86. The number of hydrogen-bond acceptors (Lipinski definition) is 2. The number of nitrogens with one attached hydrogen (secondary N) is 1. The summed E-state index contributed by atoms with van der Waals surface area (Å²) < 4.78 is 1.72. The van der Waals surface area contributed by atoms with Crippen molar-refractivity contribution in [1.29, 1.82) is 0 Å². The first-order valence-corrected chi connectivity index (χ1v) is 6.47. The summed E-state index contributed by atoms with van der Waals surface area (Å²) in [5.74, 6) is -0.0642. The molecule has 1 amide bonds. The Morgan fingerprint density at radius 2 is 2.00 bits per heavy atom. The largest absolute Gasteiger partial charge is 0.348 e. The lowest BCUT2D eigenvalue weighted by Gasteiger charge is -2.07. The fraction of sp³-hybridized carbons (Fsp3) is 0.125. The fourth-order valence-electron chi connectivity index (χ4n) is 2.26. The Bertz CT molecular complexity index is 756. The van der Waals surface area contributed by atoms with Crippen molar-refractivity contribution in [2.45, 2.75) is 6.54 Å². The number of aryl methyl sites for hydroxylation is 1. The Kier molecular flexibility index (Phi) is 3.21. The molecular weight excluding hydrogens is 250 g/mol. The van der Waals surface area contributed by atoms with E-state index in [1.165, 1.54) is 0 Å². The zero-order valence-electron chi connectivity index (χ0n) is 11.2. The van der Waals surface area contributed by atoms with Gasteiger partial charge in [-0.3, -0.25) is 9.48 Å². The maximum absolute atomic E-state index is 12.3. The Morgan fingerprint density at radius 1 is 1.20 bits per heavy atom. The van der Waals surface area contributed by atoms with Crippen molar-refractivity contribution in [3.05, 3.63) is 66.0 Å². The molecule has 0 aliphatic heterocycles. The Hall–Kier alpha value is -2.62. The first-order chi connectivity index (χ1) is 9.74. The standard InChI is InChI=1S/C16H15N3O/c1-19-11-12(10-18-19)9-17-16(20)15-8-4-6-13-5-2-3-7-14(13)15/h2-8,10-11H,9H2,1H3,(H,17,20). The first-order valence-electron chi connectivity index (χ1n) is 6.47. The molecule has 20 heavy (non-hydrogen) atoms. The highest BCUT2D eigenvalue weighted by atomic mass is 16.1. The zero-order chi connectivity index (χ0) is 13.9. The van der Waals surface area contributed by atoms with Crippen molar-refractivity contribution in [2.24, 2.45) is 7.05 Å². The summed E-state index contributed by atoms with van der Waals surface area (Å²) in [5, 5.41) is 9.05. The number of carbonyl (C=O) groups excluding carboxylic acids is 1. The third-order valence-corrected chi connectivity index (χ3v) is 3.25. The van der Waals surface area contributed by atoms with Crippen LogP contribution >= 0.6 is 0 Å². The minimum Gasteiger partial charge on any atom is -0.348 e. The molecule has 0 aliphatic carbocycles. The van der Waals surface area contributed by atoms with E-state index in [9.17, 15) is 4.79 Å². The monoisotopic (exact) mass is 265 g/mol. The van der Waals surface area contributed by atoms with Gasteiger partial charge in [0.25, 0.3) is 5.91 Å². The van der Waals surface area contributed by atoms with Crippen molar-refractivity contribution in [3.63, 3.8) is 0 Å². The summed E-state index contributed by atoms with van der Waals surface area (Å²) in [6.07, 6.45) is 3.65. The Labute approximate surface area is 117 Å². The number of amides is 1. The molecule has 0 spiro atoms. The smallest absolute Gasteiger partial charge is 0.252 e. The highest BCUT2D eigenvalue weighted by Gasteiger charge is 2.09. The second kappa shape index (κ2) is 5.17. The predicted octanol–water partition coefficient (Wildman–Crippen LogP) is 2.50. The third-order valence-electron chi connectivity index (χ3n) is 3.25. The van der Waals surface area contributed by atoms with E-state index in [2.05, 4.69) is 10.4 Å². The quantitative estimate of drug-likeness (QED) is 0.791. The first kappa shape index (κ1) is 12.4. The number of benzene rings is 2. The molecule has 0 saturated carbocycles. The number of carbonyl (C=O) groups is 1. The number of fused-ring (bicyclic) bond motifs is 1. The molecule has 3 aromatic rings. The minimum absolute atomic E-state index is 0.0642. The molecule has 4 heteroatoms. The van der Waals surface area contributed by atoms with Gasteiger partial charge in [0.2, 0.25) is 0 Å². The molecule has 0 aliphatic rings. The molecule has 1 N–H and O–H groups in total. The van der Waals surface area contributed by atoms with Gasteiger partial charge in [0.15, 0.2) is 0 Å². The maximum Gasteiger partial charge on any atom is 0.252 e. The zero-order valence-corrected chi connectivity index (χ0v) is 11.2. The molecule has 0 atom stereocenters. The normalized spacial score (nSPS) is 10.7. The number of hydrogen-bond donors (Lipinski definition) is 1. The second-order valence-electron chi connectivity index (χ2n) is 4.73. The van der Waals surface area contributed by atoms with Gasteiger partial charge in [0.1, 0.15) is 0 Å². The van der Waals surface area contributed by atoms with Gasteiger partial charge in [-0.05, 0) is 16.8 Å². The van der Waals surface area contributed by atoms with Gasteiger partial charge < -0.3 is 5.32 Å². The van der Waals surface area contributed by atoms with Crippen molar-refractivity contribution in [3.8, 4) is 0 Å². The molecular formula is C16H15N3O. The van der Waals surface area contributed by atoms with Crippen LogP contribution in [0.3, 0.4) is 0 Å². The SMILES string of the molecule is Cn1cc(CNC(=O)c2cccc3ccccc23)cn1. The van der Waals surface area contributed by atoms with Gasteiger partial charge in [-0.25, -0.2) is 0 Å². The summed E-state index contributed by atoms with van der Waals surface area (Å²) in [6, 6.07) is 13.6. The topological polar surface area (TPSA) is 46.9 Å². The van der Waals surface area contributed by atoms with Gasteiger partial charge in [-0.1, -0.05) is 36.4 Å². The summed E-state index contributed by atoms with van der Waals surface area (Å²) in [6.45, 7) is 0.482. The van der Waals surface area contributed by atoms with E-state index in [0.29, 0.717) is 12.1 Å². The second-order valence-corrected chi connectivity index (χ2v) is 4.73. The van der Waals surface area contributed by atoms with Crippen LogP contribution in [0.15, 0.2) is 54.9 Å². The molecule has 100 valence electrons. The fourth-order valence-corrected chi connectivity index (χ4v) is 2.26. The highest BCUT2D eigenvalue weighted by Crippen LogP contribution is 2.18. The van der Waals surface area contributed by atoms with Crippen LogP contribution in [-0.2, 0) is 13.6 Å². The lowest BCUT2D eigenvalue weighted by Crippen LogP contribution is -2.22. The van der Waals surface area contributed by atoms with Crippen LogP contribution in [0.5, 0.6) is 0 Å². The van der Waals surface area contributed by atoms with E-state index in [1.54, 1.807) is 10.9 Å². The van der Waals surface area contributed by atoms with Crippen molar-refractivity contribution < 1.29 is 4.79 Å². The minimum atomic E-state index is -0.0642. The van der Waals surface area contributed by atoms with Crippen LogP contribution in [0.2, 0.25) is 0 Å². The van der Waals surface area contributed by atoms with Crippen LogP contribution < -0.4 is 5.32 Å². The molecule has 0 saturated heterocycles. The van der Waals surface area contributed by atoms with Crippen LogP contribution in [0, 0.1) is 0 Å². The van der Waals surface area contributed by atoms with E-state index in [0.717, 1.165) is 16.3 Å². The maximum atomic E-state index is 12.3. The van der Waals surface area contributed by atoms with E-state index in [1.807, 2.05) is 55.7 Å². The van der Waals surface area contributed by atoms with E-state index < -0.39 is 0 Å². The molecule has 0 radical (unpaired) electrons. The van der Waals surface area contributed by atoms with Crippen LogP contribution in [0.25, 0.3) is 10.8 Å². The van der Waals surface area contributed by atoms with Gasteiger partial charge in [-0.15, -0.1) is 0 Å². The number of aromatic nitrogens is 2. The van der Waals surface area contributed by atoms with Crippen LogP contribution in [0.1, 0.15) is 15.9 Å². The van der Waals surface area contributed by atoms with Crippen LogP contribution in [0.4, 0.5) is 0 Å². The average Bonchev–Trinajstić information content (AvgIpc) is 2.90. The molecule has 1 heterocycles. The molecule has 0 bridgehead atoms. The third kappa shape index (κ3) is 2.40. The average molecular weight is 265 g/mol. The van der Waals surface area contributed by atoms with Gasteiger partial charge in [0.05, 0.1) is 6.20 Å².